The first kappa shape index (κ1) is 29.4. The summed E-state index contributed by atoms with van der Waals surface area (Å²) in [5, 5.41) is 19.9. The lowest BCUT2D eigenvalue weighted by molar-refractivity contribution is -0.130. The Morgan fingerprint density at radius 1 is 0.977 bits per heavy atom. The number of hydrogen-bond donors (Lipinski definition) is 1. The van der Waals surface area contributed by atoms with E-state index in [0.717, 1.165) is 27.8 Å². The fraction of sp³-hybridized carbons (Fsp3) is 0.156. The summed E-state index contributed by atoms with van der Waals surface area (Å²) in [5.74, 6) is -1.26. The van der Waals surface area contributed by atoms with Crippen LogP contribution in [0.5, 0.6) is 0 Å². The van der Waals surface area contributed by atoms with E-state index in [1.54, 1.807) is 33.0 Å². The van der Waals surface area contributed by atoms with Gasteiger partial charge in [-0.25, -0.2) is 13.8 Å². The van der Waals surface area contributed by atoms with Gasteiger partial charge in [-0.05, 0) is 66.4 Å². The van der Waals surface area contributed by atoms with Crippen molar-refractivity contribution >= 4 is 40.6 Å². The normalized spacial score (nSPS) is 14.5. The van der Waals surface area contributed by atoms with Crippen molar-refractivity contribution in [2.24, 2.45) is 5.10 Å². The summed E-state index contributed by atoms with van der Waals surface area (Å²) in [5.41, 5.74) is 3.69. The molecule has 222 valence electrons. The fourth-order valence-electron chi connectivity index (χ4n) is 4.82. The van der Waals surface area contributed by atoms with Crippen LogP contribution in [-0.4, -0.2) is 43.1 Å². The Morgan fingerprint density at radius 3 is 2.50 bits per heavy atom. The molecule has 1 aliphatic rings. The van der Waals surface area contributed by atoms with Crippen LogP contribution in [0.25, 0.3) is 5.69 Å². The van der Waals surface area contributed by atoms with Crippen molar-refractivity contribution in [2.45, 2.75) is 31.1 Å². The third kappa shape index (κ3) is 6.46. The number of benzene rings is 3. The van der Waals surface area contributed by atoms with Crippen LogP contribution in [0.2, 0.25) is 0 Å². The van der Waals surface area contributed by atoms with E-state index < -0.39 is 17.5 Å². The molecule has 1 N–H and O–H groups in total. The molecule has 8 nitrogen and oxygen atoms in total. The predicted molar refractivity (Wildman–Crippen MR) is 166 cm³/mol. The molecule has 0 radical (unpaired) electrons. The van der Waals surface area contributed by atoms with Gasteiger partial charge in [0.1, 0.15) is 11.6 Å². The summed E-state index contributed by atoms with van der Waals surface area (Å²) in [7, 11) is 0. The molecule has 5 aromatic rings. The maximum absolute atomic E-state index is 13.8. The molecule has 2 aromatic heterocycles. The van der Waals surface area contributed by atoms with Crippen molar-refractivity contribution in [1.29, 1.82) is 0 Å². The van der Waals surface area contributed by atoms with Gasteiger partial charge in [0.15, 0.2) is 11.0 Å². The first-order chi connectivity index (χ1) is 21.4. The number of hydrazone groups is 1. The molecule has 1 aliphatic heterocycles. The van der Waals surface area contributed by atoms with E-state index in [1.165, 1.54) is 42.1 Å². The van der Waals surface area contributed by atoms with Gasteiger partial charge >= 0.3 is 0 Å². The average Bonchev–Trinajstić information content (AvgIpc) is 3.80. The number of amides is 2. The molecule has 2 amide bonds. The average molecular weight is 629 g/mol. The summed E-state index contributed by atoms with van der Waals surface area (Å²) in [6.45, 7) is 1.98. The van der Waals surface area contributed by atoms with Crippen LogP contribution in [-0.2, 0) is 11.3 Å². The zero-order chi connectivity index (χ0) is 30.6. The first-order valence-electron chi connectivity index (χ1n) is 13.7. The van der Waals surface area contributed by atoms with Crippen LogP contribution in [0, 0.1) is 18.6 Å². The summed E-state index contributed by atoms with van der Waals surface area (Å²) in [6, 6.07) is 22.9. The van der Waals surface area contributed by atoms with Crippen molar-refractivity contribution < 1.29 is 18.4 Å². The van der Waals surface area contributed by atoms with Crippen molar-refractivity contribution in [3.63, 3.8) is 0 Å². The number of rotatable bonds is 9. The van der Waals surface area contributed by atoms with E-state index in [9.17, 15) is 18.4 Å². The highest BCUT2D eigenvalue weighted by Gasteiger charge is 2.33. The number of nitrogens with one attached hydrogen (secondary N) is 1. The van der Waals surface area contributed by atoms with Gasteiger partial charge in [0, 0.05) is 17.7 Å². The van der Waals surface area contributed by atoms with E-state index >= 15 is 0 Å². The van der Waals surface area contributed by atoms with Gasteiger partial charge in [-0.15, -0.1) is 21.5 Å². The summed E-state index contributed by atoms with van der Waals surface area (Å²) < 4.78 is 29.1. The minimum absolute atomic E-state index is 0.0125. The van der Waals surface area contributed by atoms with Crippen LogP contribution < -0.4 is 5.32 Å². The van der Waals surface area contributed by atoms with Crippen molar-refractivity contribution in [3.05, 3.63) is 129 Å². The third-order valence-electron chi connectivity index (χ3n) is 7.04. The molecule has 0 bridgehead atoms. The lowest BCUT2D eigenvalue weighted by atomic mass is 10.00. The molecular weight excluding hydrogens is 603 g/mol. The standard InChI is InChI=1S/C32H26F2N6O2S2/c1-20-7-9-21(10-8-20)27-17-26(28-6-3-15-43-28)38-40(27)30(41)19-44-32-37-36-29(39(32)25-13-11-23(33)12-14-25)18-35-31(42)22-4-2-5-24(34)16-22/h2-16,27H,17-19H2,1H3,(H,35,42)/t27-/m0/s1. The number of hydrogen-bond acceptors (Lipinski definition) is 7. The third-order valence-corrected chi connectivity index (χ3v) is 8.87. The lowest BCUT2D eigenvalue weighted by Gasteiger charge is -2.22. The van der Waals surface area contributed by atoms with Crippen molar-refractivity contribution in [1.82, 2.24) is 25.1 Å². The van der Waals surface area contributed by atoms with E-state index in [0.29, 0.717) is 23.1 Å². The zero-order valence-corrected chi connectivity index (χ0v) is 25.1. The molecule has 3 aromatic carbocycles. The van der Waals surface area contributed by atoms with Gasteiger partial charge in [-0.3, -0.25) is 14.2 Å². The Kier molecular flexibility index (Phi) is 8.62. The molecule has 0 saturated carbocycles. The Hall–Kier alpha value is -4.68. The quantitative estimate of drug-likeness (QED) is 0.193. The minimum Gasteiger partial charge on any atom is -0.345 e. The van der Waals surface area contributed by atoms with E-state index in [2.05, 4.69) is 15.5 Å². The molecule has 0 spiro atoms. The maximum atomic E-state index is 13.8. The molecule has 0 unspecified atom stereocenters. The summed E-state index contributed by atoms with van der Waals surface area (Å²) >= 11 is 2.75. The number of carbonyl (C=O) groups excluding carboxylic acids is 2. The number of thioether (sulfide) groups is 1. The molecule has 6 rings (SSSR count). The van der Waals surface area contributed by atoms with E-state index in [4.69, 9.17) is 5.10 Å². The van der Waals surface area contributed by atoms with Gasteiger partial charge in [0.05, 0.1) is 28.9 Å². The second-order valence-electron chi connectivity index (χ2n) is 10.1. The molecule has 12 heteroatoms. The molecule has 3 heterocycles. The lowest BCUT2D eigenvalue weighted by Crippen LogP contribution is -2.28. The van der Waals surface area contributed by atoms with E-state index in [1.807, 2.05) is 48.7 Å². The van der Waals surface area contributed by atoms with Crippen LogP contribution in [0.3, 0.4) is 0 Å². The highest BCUT2D eigenvalue weighted by molar-refractivity contribution is 7.99. The number of thiophene rings is 1. The summed E-state index contributed by atoms with van der Waals surface area (Å²) in [4.78, 5) is 27.4. The molecular formula is C32H26F2N6O2S2. The smallest absolute Gasteiger partial charge is 0.253 e. The Labute approximate surface area is 260 Å². The van der Waals surface area contributed by atoms with Gasteiger partial charge in [0.25, 0.3) is 11.8 Å². The van der Waals surface area contributed by atoms with Crippen LogP contribution in [0.1, 0.15) is 44.6 Å². The Morgan fingerprint density at radius 2 is 1.77 bits per heavy atom. The number of nitrogens with zero attached hydrogens (tertiary/aromatic N) is 5. The van der Waals surface area contributed by atoms with Gasteiger partial charge < -0.3 is 5.32 Å². The second-order valence-corrected chi connectivity index (χ2v) is 12.0. The van der Waals surface area contributed by atoms with Crippen molar-refractivity contribution in [3.8, 4) is 5.69 Å². The van der Waals surface area contributed by atoms with Gasteiger partial charge in [-0.1, -0.05) is 53.7 Å². The van der Waals surface area contributed by atoms with E-state index in [-0.39, 0.29) is 29.8 Å². The zero-order valence-electron chi connectivity index (χ0n) is 23.5. The highest BCUT2D eigenvalue weighted by atomic mass is 32.2. The predicted octanol–water partition coefficient (Wildman–Crippen LogP) is 6.32. The molecule has 1 atom stereocenters. The number of carbonyl (C=O) groups is 2. The first-order valence-corrected chi connectivity index (χ1v) is 15.6. The topological polar surface area (TPSA) is 92.5 Å². The maximum Gasteiger partial charge on any atom is 0.253 e. The van der Waals surface area contributed by atoms with Crippen LogP contribution >= 0.6 is 23.1 Å². The molecule has 44 heavy (non-hydrogen) atoms. The SMILES string of the molecule is Cc1ccc([C@@H]2CC(c3cccs3)=NN2C(=O)CSc2nnc(CNC(=O)c3cccc(F)c3)n2-c2ccc(F)cc2)cc1. The fourth-order valence-corrected chi connectivity index (χ4v) is 6.37. The van der Waals surface area contributed by atoms with Crippen LogP contribution in [0.15, 0.2) is 101 Å². The largest absolute Gasteiger partial charge is 0.345 e. The number of aryl methyl sites for hydroxylation is 1. The van der Waals surface area contributed by atoms with Gasteiger partial charge in [0.2, 0.25) is 0 Å². The second kappa shape index (κ2) is 12.9. The molecule has 0 fully saturated rings. The Balaban J connectivity index is 1.23. The number of aromatic nitrogens is 3. The Bertz CT molecular complexity index is 1820. The van der Waals surface area contributed by atoms with Crippen molar-refractivity contribution in [2.75, 3.05) is 5.75 Å². The van der Waals surface area contributed by atoms with Crippen LogP contribution in [0.4, 0.5) is 8.78 Å². The van der Waals surface area contributed by atoms with Gasteiger partial charge in [-0.2, -0.15) is 5.10 Å². The minimum atomic E-state index is -0.523. The molecule has 0 aliphatic carbocycles. The molecule has 0 saturated heterocycles. The number of halogens is 2. The highest BCUT2D eigenvalue weighted by Crippen LogP contribution is 2.35. The monoisotopic (exact) mass is 628 g/mol. The summed E-state index contributed by atoms with van der Waals surface area (Å²) in [6.07, 6.45) is 0.598.